The standard InChI is InChI=1S/C27H39Cl2N3O6/c1-4-36-27(35)22(16-19-8-6-5-7-9-19)30-26(34)20-17-21(28)25(23(29)24(20)38-18(2)33)37-15-14-32-12-10-31(3)11-13-32/h5-9,20-25H,4,10-17H2,1-3H3,(H,30,34)/t20?,21?,22-,23?,24?,25?/m0/s1. The number of ether oxygens (including phenoxy) is 3. The molecule has 1 aromatic rings. The molecule has 0 radical (unpaired) electrons. The van der Waals surface area contributed by atoms with Crippen LogP contribution in [0.5, 0.6) is 0 Å². The summed E-state index contributed by atoms with van der Waals surface area (Å²) in [5.74, 6) is -2.43. The van der Waals surface area contributed by atoms with Gasteiger partial charge in [0.2, 0.25) is 5.91 Å². The molecule has 1 N–H and O–H groups in total. The van der Waals surface area contributed by atoms with E-state index in [1.807, 2.05) is 30.3 Å². The van der Waals surface area contributed by atoms with E-state index in [2.05, 4.69) is 22.2 Å². The van der Waals surface area contributed by atoms with Crippen LogP contribution in [0.1, 0.15) is 25.8 Å². The van der Waals surface area contributed by atoms with E-state index in [1.54, 1.807) is 6.92 Å². The first kappa shape index (κ1) is 30.6. The van der Waals surface area contributed by atoms with Crippen molar-refractivity contribution in [1.29, 1.82) is 0 Å². The zero-order valence-corrected chi connectivity index (χ0v) is 23.8. The summed E-state index contributed by atoms with van der Waals surface area (Å²) in [5, 5.41) is 1.38. The number of hydrogen-bond acceptors (Lipinski definition) is 8. The lowest BCUT2D eigenvalue weighted by atomic mass is 9.82. The van der Waals surface area contributed by atoms with Crippen LogP contribution in [0.4, 0.5) is 0 Å². The minimum Gasteiger partial charge on any atom is -0.464 e. The van der Waals surface area contributed by atoms with E-state index in [0.29, 0.717) is 6.61 Å². The van der Waals surface area contributed by atoms with Crippen molar-refractivity contribution < 1.29 is 28.6 Å². The number of rotatable bonds is 11. The van der Waals surface area contributed by atoms with Gasteiger partial charge in [-0.05, 0) is 26.0 Å². The molecule has 1 saturated carbocycles. The van der Waals surface area contributed by atoms with E-state index in [9.17, 15) is 14.4 Å². The fourth-order valence-corrected chi connectivity index (χ4v) is 5.84. The number of likely N-dealkylation sites (N-methyl/N-ethyl adjacent to an activating group) is 1. The van der Waals surface area contributed by atoms with Crippen LogP contribution in [0.25, 0.3) is 0 Å². The van der Waals surface area contributed by atoms with Crippen molar-refractivity contribution in [3.8, 4) is 0 Å². The Kier molecular flexibility index (Phi) is 12.1. The lowest BCUT2D eigenvalue weighted by Crippen LogP contribution is -2.58. The number of carbonyl (C=O) groups excluding carboxylic acids is 3. The summed E-state index contributed by atoms with van der Waals surface area (Å²) in [6.45, 7) is 8.24. The average Bonchev–Trinajstić information content (AvgIpc) is 2.88. The van der Waals surface area contributed by atoms with Crippen molar-refractivity contribution >= 4 is 41.0 Å². The molecule has 1 amide bonds. The smallest absolute Gasteiger partial charge is 0.328 e. The fourth-order valence-electron chi connectivity index (χ4n) is 4.86. The molecule has 212 valence electrons. The van der Waals surface area contributed by atoms with E-state index < -0.39 is 52.8 Å². The number of carbonyl (C=O) groups is 3. The second kappa shape index (κ2) is 15.0. The Morgan fingerprint density at radius 3 is 2.39 bits per heavy atom. The lowest BCUT2D eigenvalue weighted by Gasteiger charge is -2.41. The van der Waals surface area contributed by atoms with Crippen LogP contribution >= 0.6 is 23.2 Å². The van der Waals surface area contributed by atoms with E-state index >= 15 is 0 Å². The van der Waals surface area contributed by atoms with Gasteiger partial charge in [-0.25, -0.2) is 4.79 Å². The molecule has 2 aliphatic rings. The van der Waals surface area contributed by atoms with E-state index in [1.165, 1.54) is 6.92 Å². The zero-order valence-electron chi connectivity index (χ0n) is 22.3. The molecule has 5 unspecified atom stereocenters. The first-order chi connectivity index (χ1) is 18.2. The van der Waals surface area contributed by atoms with E-state index in [-0.39, 0.29) is 19.4 Å². The highest BCUT2D eigenvalue weighted by atomic mass is 35.5. The summed E-state index contributed by atoms with van der Waals surface area (Å²) < 4.78 is 16.8. The quantitative estimate of drug-likeness (QED) is 0.318. The minimum absolute atomic E-state index is 0.175. The maximum absolute atomic E-state index is 13.5. The maximum atomic E-state index is 13.5. The number of piperazine rings is 1. The third kappa shape index (κ3) is 8.81. The first-order valence-corrected chi connectivity index (χ1v) is 14.1. The number of benzene rings is 1. The van der Waals surface area contributed by atoms with Gasteiger partial charge in [-0.15, -0.1) is 23.2 Å². The number of esters is 2. The second-order valence-electron chi connectivity index (χ2n) is 9.86. The topological polar surface area (TPSA) is 97.4 Å². The number of amides is 1. The molecule has 1 saturated heterocycles. The molecule has 6 atom stereocenters. The summed E-state index contributed by atoms with van der Waals surface area (Å²) in [6, 6.07) is 8.41. The van der Waals surface area contributed by atoms with Crippen molar-refractivity contribution in [2.75, 3.05) is 53.0 Å². The average molecular weight is 573 g/mol. The SMILES string of the molecule is CCOC(=O)[C@H](Cc1ccccc1)NC(=O)C1CC(Cl)C(OCCN2CCN(C)CC2)C(Cl)C1OC(C)=O. The van der Waals surface area contributed by atoms with Crippen LogP contribution in [0, 0.1) is 5.92 Å². The summed E-state index contributed by atoms with van der Waals surface area (Å²) in [4.78, 5) is 42.7. The summed E-state index contributed by atoms with van der Waals surface area (Å²) >= 11 is 13.5. The monoisotopic (exact) mass is 571 g/mol. The van der Waals surface area contributed by atoms with Crippen LogP contribution < -0.4 is 5.32 Å². The maximum Gasteiger partial charge on any atom is 0.328 e. The Morgan fingerprint density at radius 2 is 1.76 bits per heavy atom. The van der Waals surface area contributed by atoms with Crippen LogP contribution in [-0.4, -0.2) is 110 Å². The number of nitrogens with one attached hydrogen (secondary N) is 1. The van der Waals surface area contributed by atoms with Gasteiger partial charge in [-0.2, -0.15) is 0 Å². The van der Waals surface area contributed by atoms with Gasteiger partial charge in [0.05, 0.1) is 36.0 Å². The summed E-state index contributed by atoms with van der Waals surface area (Å²) in [5.41, 5.74) is 0.866. The predicted molar refractivity (Wildman–Crippen MR) is 145 cm³/mol. The number of halogens is 2. The van der Waals surface area contributed by atoms with Crippen molar-refractivity contribution in [2.45, 2.75) is 55.7 Å². The number of hydrogen-bond donors (Lipinski definition) is 1. The van der Waals surface area contributed by atoms with Crippen LogP contribution in [0.15, 0.2) is 30.3 Å². The van der Waals surface area contributed by atoms with Gasteiger partial charge in [0, 0.05) is 46.1 Å². The first-order valence-electron chi connectivity index (χ1n) is 13.2. The molecule has 2 fully saturated rings. The molecule has 0 bridgehead atoms. The van der Waals surface area contributed by atoms with Gasteiger partial charge in [0.15, 0.2) is 0 Å². The van der Waals surface area contributed by atoms with Gasteiger partial charge in [-0.3, -0.25) is 14.5 Å². The molecule has 1 aliphatic carbocycles. The molecule has 1 aromatic carbocycles. The lowest BCUT2D eigenvalue weighted by molar-refractivity contribution is -0.159. The van der Waals surface area contributed by atoms with Crippen molar-refractivity contribution in [1.82, 2.24) is 15.1 Å². The Bertz CT molecular complexity index is 915. The highest BCUT2D eigenvalue weighted by Gasteiger charge is 2.49. The highest BCUT2D eigenvalue weighted by molar-refractivity contribution is 6.25. The van der Waals surface area contributed by atoms with Crippen molar-refractivity contribution in [2.24, 2.45) is 5.92 Å². The minimum atomic E-state index is -0.961. The molecule has 38 heavy (non-hydrogen) atoms. The third-order valence-electron chi connectivity index (χ3n) is 6.98. The van der Waals surface area contributed by atoms with Crippen molar-refractivity contribution in [3.05, 3.63) is 35.9 Å². The van der Waals surface area contributed by atoms with Gasteiger partial charge < -0.3 is 24.4 Å². The Balaban J connectivity index is 1.67. The predicted octanol–water partition coefficient (Wildman–Crippen LogP) is 2.08. The number of nitrogens with zero attached hydrogens (tertiary/aromatic N) is 2. The molecule has 1 aliphatic heterocycles. The Hall–Kier alpha value is -1.91. The Morgan fingerprint density at radius 1 is 1.08 bits per heavy atom. The molecule has 9 nitrogen and oxygen atoms in total. The van der Waals surface area contributed by atoms with Gasteiger partial charge in [0.25, 0.3) is 0 Å². The largest absolute Gasteiger partial charge is 0.464 e. The van der Waals surface area contributed by atoms with Gasteiger partial charge in [-0.1, -0.05) is 30.3 Å². The molecule has 11 heteroatoms. The van der Waals surface area contributed by atoms with Crippen LogP contribution in [0.2, 0.25) is 0 Å². The fraction of sp³-hybridized carbons (Fsp3) is 0.667. The molecular weight excluding hydrogens is 533 g/mol. The molecule has 0 aromatic heterocycles. The van der Waals surface area contributed by atoms with Crippen LogP contribution in [-0.2, 0) is 35.0 Å². The third-order valence-corrected chi connectivity index (χ3v) is 7.91. The molecular formula is C27H39Cl2N3O6. The van der Waals surface area contributed by atoms with E-state index in [0.717, 1.165) is 38.3 Å². The molecule has 1 heterocycles. The van der Waals surface area contributed by atoms with E-state index in [4.69, 9.17) is 37.4 Å². The normalized spacial score (nSPS) is 27.3. The Labute approximate surface area is 235 Å². The van der Waals surface area contributed by atoms with Crippen molar-refractivity contribution in [3.63, 3.8) is 0 Å². The van der Waals surface area contributed by atoms with Gasteiger partial charge in [0.1, 0.15) is 12.1 Å². The number of alkyl halides is 2. The summed E-state index contributed by atoms with van der Waals surface area (Å²) in [7, 11) is 2.10. The molecule has 0 spiro atoms. The summed E-state index contributed by atoms with van der Waals surface area (Å²) in [6.07, 6.45) is -1.14. The highest BCUT2D eigenvalue weighted by Crippen LogP contribution is 2.36. The second-order valence-corrected chi connectivity index (χ2v) is 10.9. The van der Waals surface area contributed by atoms with Crippen LogP contribution in [0.3, 0.4) is 0 Å². The van der Waals surface area contributed by atoms with Gasteiger partial charge >= 0.3 is 11.9 Å². The zero-order chi connectivity index (χ0) is 27.7. The molecule has 3 rings (SSSR count).